The second-order valence-electron chi connectivity index (χ2n) is 4.54. The first-order chi connectivity index (χ1) is 9.93. The Morgan fingerprint density at radius 1 is 0.636 bits per heavy atom. The van der Waals surface area contributed by atoms with Crippen LogP contribution < -0.4 is 37.7 Å². The molecule has 2 aromatic heterocycles. The van der Waals surface area contributed by atoms with Crippen molar-refractivity contribution >= 4 is 33.4 Å². The maximum atomic E-state index is 3.19. The van der Waals surface area contributed by atoms with Crippen LogP contribution in [-0.4, -0.2) is 0 Å². The minimum Gasteiger partial charge on any atom is -0.296 e. The number of rotatable bonds is 2. The molecule has 96 valence electrons. The Balaban J connectivity index is 0.000000882. The molecule has 4 heteroatoms. The molecule has 4 aromatic rings. The molecule has 0 N–H and O–H groups in total. The predicted molar refractivity (Wildman–Crippen MR) is 88.2 cm³/mol. The Hall–Kier alpha value is -0.705. The average Bonchev–Trinajstić information content (AvgIpc) is 3.19. The van der Waals surface area contributed by atoms with Crippen LogP contribution in [0.2, 0.25) is 0 Å². The van der Waals surface area contributed by atoms with Crippen LogP contribution in [0.25, 0.3) is 31.7 Å². The van der Waals surface area contributed by atoms with Crippen molar-refractivity contribution < 1.29 is 37.7 Å². The molecule has 0 atom stereocenters. The molecule has 0 radical (unpaired) electrons. The molecule has 0 saturated carbocycles. The summed E-state index contributed by atoms with van der Waals surface area (Å²) in [6.45, 7) is 0. The quantitative estimate of drug-likeness (QED) is 0.359. The van der Waals surface area contributed by atoms with Crippen molar-refractivity contribution in [1.29, 1.82) is 0 Å². The van der Waals surface area contributed by atoms with E-state index in [1.54, 1.807) is 22.7 Å². The smallest absolute Gasteiger partial charge is 0.296 e. The SMILES string of the molecule is [Li+].[Li+].[c-]1ccc(-c2cccc3cccc(-c4cc[c-]s4)c23)s1. The fourth-order valence-electron chi connectivity index (χ4n) is 2.52. The third-order valence-corrected chi connectivity index (χ3v) is 5.04. The van der Waals surface area contributed by atoms with Crippen LogP contribution in [0, 0.1) is 10.8 Å². The topological polar surface area (TPSA) is 0 Å². The molecule has 0 fully saturated rings. The van der Waals surface area contributed by atoms with Gasteiger partial charge in [0.2, 0.25) is 0 Å². The molecule has 2 heterocycles. The zero-order valence-electron chi connectivity index (χ0n) is 12.6. The predicted octanol–water partition coefficient (Wildman–Crippen LogP) is -0.0948. The average molecular weight is 304 g/mol. The largest absolute Gasteiger partial charge is 1.00 e. The van der Waals surface area contributed by atoms with Crippen molar-refractivity contribution in [2.45, 2.75) is 0 Å². The van der Waals surface area contributed by atoms with Gasteiger partial charge in [-0.3, -0.25) is 22.7 Å². The van der Waals surface area contributed by atoms with Crippen LogP contribution in [0.5, 0.6) is 0 Å². The molecule has 0 aliphatic rings. The van der Waals surface area contributed by atoms with Gasteiger partial charge >= 0.3 is 37.7 Å². The van der Waals surface area contributed by atoms with Gasteiger partial charge in [0.25, 0.3) is 0 Å². The van der Waals surface area contributed by atoms with Gasteiger partial charge in [0.1, 0.15) is 0 Å². The van der Waals surface area contributed by atoms with Crippen LogP contribution in [-0.2, 0) is 0 Å². The van der Waals surface area contributed by atoms with E-state index < -0.39 is 0 Å². The van der Waals surface area contributed by atoms with Gasteiger partial charge in [-0.2, -0.15) is 24.3 Å². The summed E-state index contributed by atoms with van der Waals surface area (Å²) in [5.74, 6) is 0. The number of hydrogen-bond donors (Lipinski definition) is 0. The van der Waals surface area contributed by atoms with E-state index >= 15 is 0 Å². The summed E-state index contributed by atoms with van der Waals surface area (Å²) in [4.78, 5) is 2.53. The van der Waals surface area contributed by atoms with Gasteiger partial charge in [0.05, 0.1) is 0 Å². The Morgan fingerprint density at radius 2 is 1.14 bits per heavy atom. The molecule has 0 bridgehead atoms. The molecule has 22 heavy (non-hydrogen) atoms. The summed E-state index contributed by atoms with van der Waals surface area (Å²) in [5.41, 5.74) is 2.58. The van der Waals surface area contributed by atoms with Gasteiger partial charge in [0.15, 0.2) is 0 Å². The zero-order valence-corrected chi connectivity index (χ0v) is 14.2. The number of benzene rings is 2. The van der Waals surface area contributed by atoms with E-state index in [-0.39, 0.29) is 37.7 Å². The van der Waals surface area contributed by atoms with Crippen molar-refractivity contribution in [2.75, 3.05) is 0 Å². The van der Waals surface area contributed by atoms with E-state index in [0.717, 1.165) is 0 Å². The summed E-state index contributed by atoms with van der Waals surface area (Å²) in [7, 11) is 0. The standard InChI is InChI=1S/C18H10S2.2Li/c1-5-13-6-2-8-15(17-10-4-12-20-17)18(13)14(7-1)16-9-3-11-19-16;;/h1-10H;;/q-2;2*+1. The summed E-state index contributed by atoms with van der Waals surface area (Å²) in [6.07, 6.45) is 0. The van der Waals surface area contributed by atoms with Crippen LogP contribution in [0.15, 0.2) is 60.7 Å². The molecule has 0 nitrogen and oxygen atoms in total. The summed E-state index contributed by atoms with van der Waals surface area (Å²) < 4.78 is 0. The van der Waals surface area contributed by atoms with E-state index in [9.17, 15) is 0 Å². The minimum absolute atomic E-state index is 0. The Morgan fingerprint density at radius 3 is 1.55 bits per heavy atom. The molecule has 4 rings (SSSR count). The Bertz CT molecular complexity index is 781. The van der Waals surface area contributed by atoms with Crippen molar-refractivity contribution in [3.05, 3.63) is 71.4 Å². The van der Waals surface area contributed by atoms with Crippen molar-refractivity contribution in [2.24, 2.45) is 0 Å². The summed E-state index contributed by atoms with van der Waals surface area (Å²) in [6, 6.07) is 21.2. The van der Waals surface area contributed by atoms with E-state index in [0.29, 0.717) is 0 Å². The fraction of sp³-hybridized carbons (Fsp3) is 0. The third-order valence-electron chi connectivity index (χ3n) is 3.38. The monoisotopic (exact) mass is 304 g/mol. The molecule has 0 aliphatic carbocycles. The number of hydrogen-bond acceptors (Lipinski definition) is 2. The third kappa shape index (κ3) is 3.15. The van der Waals surface area contributed by atoms with Crippen molar-refractivity contribution in [3.63, 3.8) is 0 Å². The molecule has 2 aromatic carbocycles. The first-order valence-corrected chi connectivity index (χ1v) is 8.01. The zero-order chi connectivity index (χ0) is 13.4. The summed E-state index contributed by atoms with van der Waals surface area (Å²) in [5, 5.41) is 8.97. The summed E-state index contributed by atoms with van der Waals surface area (Å²) >= 11 is 3.33. The van der Waals surface area contributed by atoms with E-state index in [1.165, 1.54) is 31.7 Å². The molecule has 0 amide bonds. The van der Waals surface area contributed by atoms with Crippen molar-refractivity contribution in [1.82, 2.24) is 0 Å². The van der Waals surface area contributed by atoms with Gasteiger partial charge in [-0.15, -0.1) is 20.5 Å². The van der Waals surface area contributed by atoms with Gasteiger partial charge in [-0.1, -0.05) is 47.5 Å². The fourth-order valence-corrected chi connectivity index (χ4v) is 3.88. The Labute approximate surface area is 162 Å². The van der Waals surface area contributed by atoms with Crippen molar-refractivity contribution in [3.8, 4) is 20.9 Å². The van der Waals surface area contributed by atoms with Gasteiger partial charge in [0, 0.05) is 0 Å². The van der Waals surface area contributed by atoms with Crippen LogP contribution in [0.4, 0.5) is 0 Å². The van der Waals surface area contributed by atoms with E-state index in [1.807, 2.05) is 12.1 Å². The second-order valence-corrected chi connectivity index (χ2v) is 6.30. The maximum Gasteiger partial charge on any atom is 1.00 e. The van der Waals surface area contributed by atoms with E-state index in [4.69, 9.17) is 0 Å². The van der Waals surface area contributed by atoms with Crippen LogP contribution in [0.1, 0.15) is 0 Å². The molecule has 0 aliphatic heterocycles. The first-order valence-electron chi connectivity index (χ1n) is 6.38. The van der Waals surface area contributed by atoms with Gasteiger partial charge in [-0.25, -0.2) is 0 Å². The van der Waals surface area contributed by atoms with Crippen LogP contribution in [0.3, 0.4) is 0 Å². The molecular formula is C18H10Li2S2. The van der Waals surface area contributed by atoms with Gasteiger partial charge in [-0.05, 0) is 10.8 Å². The minimum atomic E-state index is 0. The molecule has 0 saturated heterocycles. The Kier molecular flexibility index (Phi) is 6.19. The maximum absolute atomic E-state index is 3.19. The van der Waals surface area contributed by atoms with Crippen LogP contribution >= 0.6 is 22.7 Å². The first kappa shape index (κ1) is 17.6. The number of fused-ring (bicyclic) bond motifs is 1. The normalized spacial score (nSPS) is 10.0. The second kappa shape index (κ2) is 7.71. The van der Waals surface area contributed by atoms with E-state index in [2.05, 4.69) is 59.3 Å². The molecular weight excluding hydrogens is 294 g/mol. The van der Waals surface area contributed by atoms with Gasteiger partial charge < -0.3 is 0 Å². The number of thiophene rings is 2. The molecule has 0 unspecified atom stereocenters. The molecule has 0 spiro atoms.